The van der Waals surface area contributed by atoms with Crippen LogP contribution in [-0.2, 0) is 16.0 Å². The minimum Gasteiger partial charge on any atom is -0.331 e. The maximum Gasteiger partial charge on any atom is 0.240 e. The SMILES string of the molecule is CC(C)C[C@H](C(=O)C[C@H](C)c1ccccc1)N1CCC(CCc2ccccc2)N2C[C@H](N)C[C@H]2C1=O. The van der Waals surface area contributed by atoms with E-state index in [0.717, 1.165) is 25.8 Å². The Bertz CT molecular complexity index is 993. The van der Waals surface area contributed by atoms with Crippen molar-refractivity contribution in [3.05, 3.63) is 71.8 Å². The van der Waals surface area contributed by atoms with Crippen LogP contribution >= 0.6 is 0 Å². The van der Waals surface area contributed by atoms with Crippen LogP contribution in [0.3, 0.4) is 0 Å². The Morgan fingerprint density at radius 3 is 2.36 bits per heavy atom. The molecule has 4 rings (SSSR count). The highest BCUT2D eigenvalue weighted by Gasteiger charge is 2.45. The zero-order chi connectivity index (χ0) is 25.7. The summed E-state index contributed by atoms with van der Waals surface area (Å²) in [5.74, 6) is 0.754. The molecule has 0 radical (unpaired) electrons. The number of carbonyl (C=O) groups excluding carboxylic acids is 2. The number of nitrogens with two attached hydrogens (primary N) is 1. The third kappa shape index (κ3) is 6.43. The third-order valence-corrected chi connectivity index (χ3v) is 8.04. The number of aryl methyl sites for hydroxylation is 1. The van der Waals surface area contributed by atoms with Crippen LogP contribution in [0.4, 0.5) is 0 Å². The van der Waals surface area contributed by atoms with Gasteiger partial charge in [0.15, 0.2) is 5.78 Å². The summed E-state index contributed by atoms with van der Waals surface area (Å²) >= 11 is 0. The molecule has 0 aromatic heterocycles. The average Bonchev–Trinajstić information content (AvgIpc) is 3.21. The number of nitrogens with zero attached hydrogens (tertiary/aromatic N) is 2. The number of ketones is 1. The van der Waals surface area contributed by atoms with Crippen molar-refractivity contribution < 1.29 is 9.59 Å². The summed E-state index contributed by atoms with van der Waals surface area (Å²) in [6.07, 6.45) is 4.72. The highest BCUT2D eigenvalue weighted by atomic mass is 16.2. The fourth-order valence-corrected chi connectivity index (χ4v) is 6.11. The van der Waals surface area contributed by atoms with Crippen LogP contribution in [0.1, 0.15) is 69.9 Å². The molecule has 2 aromatic rings. The molecular weight excluding hydrogens is 446 g/mol. The Kier molecular flexibility index (Phi) is 8.97. The van der Waals surface area contributed by atoms with E-state index in [-0.39, 0.29) is 35.7 Å². The average molecular weight is 490 g/mol. The van der Waals surface area contributed by atoms with Crippen molar-refractivity contribution in [2.24, 2.45) is 11.7 Å². The highest BCUT2D eigenvalue weighted by molar-refractivity contribution is 5.91. The van der Waals surface area contributed by atoms with Crippen LogP contribution in [0.15, 0.2) is 60.7 Å². The molecule has 2 aromatic carbocycles. The van der Waals surface area contributed by atoms with Gasteiger partial charge in [0.2, 0.25) is 5.91 Å². The van der Waals surface area contributed by atoms with Crippen molar-refractivity contribution in [1.82, 2.24) is 9.80 Å². The van der Waals surface area contributed by atoms with Crippen LogP contribution in [0.2, 0.25) is 0 Å². The number of Topliss-reactive ketones (excluding diaryl/α,β-unsaturated/α-hetero) is 1. The van der Waals surface area contributed by atoms with Crippen molar-refractivity contribution in [3.63, 3.8) is 0 Å². The molecule has 194 valence electrons. The summed E-state index contributed by atoms with van der Waals surface area (Å²) in [5.41, 5.74) is 8.89. The normalized spacial score (nSPS) is 24.4. The van der Waals surface area contributed by atoms with E-state index in [0.29, 0.717) is 37.8 Å². The molecule has 1 unspecified atom stereocenters. The number of hydrogen-bond acceptors (Lipinski definition) is 4. The lowest BCUT2D eigenvalue weighted by Gasteiger charge is -2.33. The molecule has 2 N–H and O–H groups in total. The van der Waals surface area contributed by atoms with E-state index in [2.05, 4.69) is 62.1 Å². The van der Waals surface area contributed by atoms with E-state index in [1.807, 2.05) is 29.2 Å². The maximum atomic E-state index is 14.0. The van der Waals surface area contributed by atoms with Gasteiger partial charge in [0, 0.05) is 31.6 Å². The van der Waals surface area contributed by atoms with Gasteiger partial charge in [-0.3, -0.25) is 14.5 Å². The summed E-state index contributed by atoms with van der Waals surface area (Å²) in [6, 6.07) is 20.5. The quantitative estimate of drug-likeness (QED) is 0.521. The molecular formula is C31H43N3O2. The fourth-order valence-electron chi connectivity index (χ4n) is 6.11. The predicted molar refractivity (Wildman–Crippen MR) is 146 cm³/mol. The first-order valence-electron chi connectivity index (χ1n) is 13.8. The summed E-state index contributed by atoms with van der Waals surface area (Å²) in [5, 5.41) is 0. The Balaban J connectivity index is 1.52. The third-order valence-electron chi connectivity index (χ3n) is 8.04. The molecule has 2 fully saturated rings. The minimum atomic E-state index is -0.366. The van der Waals surface area contributed by atoms with E-state index < -0.39 is 0 Å². The largest absolute Gasteiger partial charge is 0.331 e. The number of amides is 1. The first-order chi connectivity index (χ1) is 17.3. The lowest BCUT2D eigenvalue weighted by atomic mass is 9.89. The highest BCUT2D eigenvalue weighted by Crippen LogP contribution is 2.31. The molecule has 0 bridgehead atoms. The van der Waals surface area contributed by atoms with Gasteiger partial charge in [-0.2, -0.15) is 0 Å². The first kappa shape index (κ1) is 26.6. The Morgan fingerprint density at radius 1 is 1.03 bits per heavy atom. The van der Waals surface area contributed by atoms with Gasteiger partial charge in [-0.1, -0.05) is 81.4 Å². The van der Waals surface area contributed by atoms with Crippen LogP contribution in [0.25, 0.3) is 0 Å². The second kappa shape index (κ2) is 12.2. The molecule has 2 saturated heterocycles. The zero-order valence-corrected chi connectivity index (χ0v) is 22.2. The molecule has 0 spiro atoms. The molecule has 36 heavy (non-hydrogen) atoms. The smallest absolute Gasteiger partial charge is 0.240 e. The number of hydrogen-bond donors (Lipinski definition) is 1. The summed E-state index contributed by atoms with van der Waals surface area (Å²) in [6.45, 7) is 7.80. The van der Waals surface area contributed by atoms with E-state index in [1.165, 1.54) is 11.1 Å². The number of carbonyl (C=O) groups is 2. The molecule has 2 aliphatic rings. The van der Waals surface area contributed by atoms with Gasteiger partial charge in [-0.15, -0.1) is 0 Å². The predicted octanol–water partition coefficient (Wildman–Crippen LogP) is 4.80. The Morgan fingerprint density at radius 2 is 1.69 bits per heavy atom. The van der Waals surface area contributed by atoms with Gasteiger partial charge in [0.1, 0.15) is 0 Å². The van der Waals surface area contributed by atoms with Crippen LogP contribution < -0.4 is 5.73 Å². The van der Waals surface area contributed by atoms with Gasteiger partial charge < -0.3 is 10.6 Å². The van der Waals surface area contributed by atoms with Gasteiger partial charge in [-0.25, -0.2) is 0 Å². The second-order valence-electron chi connectivity index (χ2n) is 11.3. The van der Waals surface area contributed by atoms with Crippen molar-refractivity contribution in [2.45, 2.75) is 89.4 Å². The van der Waals surface area contributed by atoms with E-state index in [9.17, 15) is 9.59 Å². The van der Waals surface area contributed by atoms with Gasteiger partial charge in [0.05, 0.1) is 12.1 Å². The summed E-state index contributed by atoms with van der Waals surface area (Å²) in [4.78, 5) is 32.0. The molecule has 2 aliphatic heterocycles. The van der Waals surface area contributed by atoms with E-state index in [4.69, 9.17) is 5.73 Å². The van der Waals surface area contributed by atoms with Gasteiger partial charge in [-0.05, 0) is 55.1 Å². The molecule has 5 nitrogen and oxygen atoms in total. The molecule has 5 atom stereocenters. The second-order valence-corrected chi connectivity index (χ2v) is 11.3. The Hall–Kier alpha value is -2.50. The maximum absolute atomic E-state index is 14.0. The lowest BCUT2D eigenvalue weighted by molar-refractivity contribution is -0.142. The molecule has 0 saturated carbocycles. The topological polar surface area (TPSA) is 66.6 Å². The molecule has 2 heterocycles. The molecule has 0 aliphatic carbocycles. The fraction of sp³-hybridized carbons (Fsp3) is 0.548. The zero-order valence-electron chi connectivity index (χ0n) is 22.2. The van der Waals surface area contributed by atoms with Crippen molar-refractivity contribution in [2.75, 3.05) is 13.1 Å². The van der Waals surface area contributed by atoms with Gasteiger partial charge in [0.25, 0.3) is 0 Å². The number of benzene rings is 2. The number of fused-ring (bicyclic) bond motifs is 1. The van der Waals surface area contributed by atoms with Crippen molar-refractivity contribution in [3.8, 4) is 0 Å². The molecule has 5 heteroatoms. The van der Waals surface area contributed by atoms with Gasteiger partial charge >= 0.3 is 0 Å². The minimum absolute atomic E-state index is 0.00970. The Labute approximate surface area is 217 Å². The monoisotopic (exact) mass is 489 g/mol. The van der Waals surface area contributed by atoms with E-state index in [1.54, 1.807) is 0 Å². The lowest BCUT2D eigenvalue weighted by Crippen LogP contribution is -2.51. The summed E-state index contributed by atoms with van der Waals surface area (Å²) < 4.78 is 0. The first-order valence-corrected chi connectivity index (χ1v) is 13.8. The molecule has 1 amide bonds. The van der Waals surface area contributed by atoms with Crippen molar-refractivity contribution in [1.29, 1.82) is 0 Å². The van der Waals surface area contributed by atoms with Crippen LogP contribution in [-0.4, -0.2) is 58.7 Å². The number of rotatable bonds is 10. The standard InChI is InChI=1S/C31H43N3O2/c1-22(2)18-28(30(35)19-23(3)25-12-8-5-9-13-25)33-17-16-27(15-14-24-10-6-4-7-11-24)34-21-26(32)20-29(34)31(33)36/h4-13,22-23,26-29H,14-21,32H2,1-3H3/t23-,26+,27?,28+,29-/m0/s1. The summed E-state index contributed by atoms with van der Waals surface area (Å²) in [7, 11) is 0. The van der Waals surface area contributed by atoms with E-state index >= 15 is 0 Å². The van der Waals surface area contributed by atoms with Crippen LogP contribution in [0.5, 0.6) is 0 Å². The van der Waals surface area contributed by atoms with Crippen molar-refractivity contribution >= 4 is 11.7 Å². The van der Waals surface area contributed by atoms with Crippen LogP contribution in [0, 0.1) is 5.92 Å².